The van der Waals surface area contributed by atoms with E-state index in [-0.39, 0.29) is 23.5 Å². The fourth-order valence-corrected chi connectivity index (χ4v) is 4.37. The number of amides is 2. The summed E-state index contributed by atoms with van der Waals surface area (Å²) in [7, 11) is 0. The van der Waals surface area contributed by atoms with Crippen molar-refractivity contribution in [3.63, 3.8) is 0 Å². The third kappa shape index (κ3) is 3.93. The second-order valence-electron chi connectivity index (χ2n) is 8.04. The average Bonchev–Trinajstić information content (AvgIpc) is 3.24. The number of benzene rings is 1. The van der Waals surface area contributed by atoms with E-state index >= 15 is 0 Å². The molecule has 1 atom stereocenters. The molecule has 2 amide bonds. The minimum absolute atomic E-state index is 0.0112. The molecule has 1 aromatic heterocycles. The van der Waals surface area contributed by atoms with E-state index in [0.717, 1.165) is 17.7 Å². The molecule has 1 fully saturated rings. The Morgan fingerprint density at radius 2 is 2.03 bits per heavy atom. The Hall–Kier alpha value is -2.83. The van der Waals surface area contributed by atoms with Crippen LogP contribution in [0.3, 0.4) is 0 Å². The van der Waals surface area contributed by atoms with Crippen molar-refractivity contribution in [2.75, 3.05) is 24.5 Å². The maximum absolute atomic E-state index is 14.0. The quantitative estimate of drug-likeness (QED) is 0.759. The van der Waals surface area contributed by atoms with Crippen LogP contribution in [0.4, 0.5) is 10.2 Å². The van der Waals surface area contributed by atoms with Gasteiger partial charge in [-0.1, -0.05) is 25.1 Å². The molecule has 3 heterocycles. The molecule has 2 aromatic rings. The van der Waals surface area contributed by atoms with Gasteiger partial charge in [-0.2, -0.15) is 0 Å². The van der Waals surface area contributed by atoms with Gasteiger partial charge in [0, 0.05) is 49.7 Å². The Labute approximate surface area is 176 Å². The highest BCUT2D eigenvalue weighted by Gasteiger charge is 2.32. The van der Waals surface area contributed by atoms with Gasteiger partial charge in [0.25, 0.3) is 0 Å². The topological polar surface area (TPSA) is 66.4 Å². The number of anilines is 1. The Balaban J connectivity index is 1.59. The first kappa shape index (κ1) is 20.4. The Kier molecular flexibility index (Phi) is 5.79. The average molecular weight is 410 g/mol. The van der Waals surface area contributed by atoms with Crippen LogP contribution in [-0.2, 0) is 22.4 Å². The summed E-state index contributed by atoms with van der Waals surface area (Å²) < 4.78 is 14.0. The number of hydrogen-bond acceptors (Lipinski definition) is 4. The van der Waals surface area contributed by atoms with Gasteiger partial charge in [-0.3, -0.25) is 14.5 Å². The molecule has 0 unspecified atom stereocenters. The van der Waals surface area contributed by atoms with E-state index in [9.17, 15) is 14.0 Å². The smallest absolute Gasteiger partial charge is 0.228 e. The first-order valence-electron chi connectivity index (χ1n) is 10.7. The maximum Gasteiger partial charge on any atom is 0.228 e. The van der Waals surface area contributed by atoms with Crippen molar-refractivity contribution in [2.24, 2.45) is 0 Å². The molecule has 1 saturated heterocycles. The van der Waals surface area contributed by atoms with E-state index in [1.807, 2.05) is 18.7 Å². The highest BCUT2D eigenvalue weighted by atomic mass is 19.1. The minimum Gasteiger partial charge on any atom is -0.342 e. The fraction of sp³-hybridized carbons (Fsp3) is 0.478. The number of aryl methyl sites for hydroxylation is 1. The van der Waals surface area contributed by atoms with Gasteiger partial charge >= 0.3 is 0 Å². The standard InChI is InChI=1S/C23H27FN4O2/c1-3-20(29)27-12-10-17(14-27)22-25-15(2)18-8-9-21(30)28(23(18)26-22)13-11-16-6-4-5-7-19(16)24/h4-7,17H,3,8-14H2,1-2H3/t17-/m0/s1. The van der Waals surface area contributed by atoms with Crippen molar-refractivity contribution in [1.29, 1.82) is 0 Å². The van der Waals surface area contributed by atoms with Gasteiger partial charge in [0.15, 0.2) is 0 Å². The lowest BCUT2D eigenvalue weighted by Gasteiger charge is -2.30. The number of halogens is 1. The molecule has 0 radical (unpaired) electrons. The third-order valence-corrected chi connectivity index (χ3v) is 6.13. The molecule has 0 aliphatic carbocycles. The molecule has 0 spiro atoms. The summed E-state index contributed by atoms with van der Waals surface area (Å²) in [4.78, 5) is 37.8. The zero-order valence-corrected chi connectivity index (χ0v) is 17.5. The Bertz CT molecular complexity index is 978. The summed E-state index contributed by atoms with van der Waals surface area (Å²) in [5.41, 5.74) is 2.47. The molecular formula is C23H27FN4O2. The van der Waals surface area contributed by atoms with Crippen LogP contribution < -0.4 is 4.90 Å². The molecule has 7 heteroatoms. The zero-order valence-electron chi connectivity index (χ0n) is 17.5. The number of aromatic nitrogens is 2. The van der Waals surface area contributed by atoms with E-state index in [4.69, 9.17) is 9.97 Å². The number of fused-ring (bicyclic) bond motifs is 1. The molecule has 1 aromatic carbocycles. The lowest BCUT2D eigenvalue weighted by molar-refractivity contribution is -0.129. The highest BCUT2D eigenvalue weighted by Crippen LogP contribution is 2.32. The van der Waals surface area contributed by atoms with Crippen LogP contribution in [0.15, 0.2) is 24.3 Å². The van der Waals surface area contributed by atoms with Crippen molar-refractivity contribution in [1.82, 2.24) is 14.9 Å². The van der Waals surface area contributed by atoms with Gasteiger partial charge in [0.1, 0.15) is 17.5 Å². The molecule has 0 bridgehead atoms. The fourth-order valence-electron chi connectivity index (χ4n) is 4.37. The van der Waals surface area contributed by atoms with E-state index in [1.54, 1.807) is 23.1 Å². The molecule has 0 N–H and O–H groups in total. The lowest BCUT2D eigenvalue weighted by Crippen LogP contribution is -2.38. The number of nitrogens with zero attached hydrogens (tertiary/aromatic N) is 4. The molecule has 2 aliphatic heterocycles. The molecule has 30 heavy (non-hydrogen) atoms. The Morgan fingerprint density at radius 1 is 1.23 bits per heavy atom. The highest BCUT2D eigenvalue weighted by molar-refractivity contribution is 5.95. The predicted octanol–water partition coefficient (Wildman–Crippen LogP) is 3.17. The summed E-state index contributed by atoms with van der Waals surface area (Å²) >= 11 is 0. The first-order valence-corrected chi connectivity index (χ1v) is 10.7. The second kappa shape index (κ2) is 8.50. The van der Waals surface area contributed by atoms with Gasteiger partial charge in [0.2, 0.25) is 11.8 Å². The monoisotopic (exact) mass is 410 g/mol. The summed E-state index contributed by atoms with van der Waals surface area (Å²) in [5, 5.41) is 0. The predicted molar refractivity (Wildman–Crippen MR) is 112 cm³/mol. The molecule has 0 saturated carbocycles. The summed E-state index contributed by atoms with van der Waals surface area (Å²) in [6.07, 6.45) is 2.79. The van der Waals surface area contributed by atoms with Crippen LogP contribution in [0.25, 0.3) is 0 Å². The van der Waals surface area contributed by atoms with Crippen molar-refractivity contribution in [2.45, 2.75) is 51.9 Å². The van der Waals surface area contributed by atoms with Gasteiger partial charge in [-0.05, 0) is 37.8 Å². The van der Waals surface area contributed by atoms with Crippen LogP contribution in [0.2, 0.25) is 0 Å². The van der Waals surface area contributed by atoms with Gasteiger partial charge in [-0.25, -0.2) is 14.4 Å². The van der Waals surface area contributed by atoms with E-state index in [0.29, 0.717) is 62.5 Å². The first-order chi connectivity index (χ1) is 14.5. The van der Waals surface area contributed by atoms with Crippen LogP contribution in [0, 0.1) is 12.7 Å². The summed E-state index contributed by atoms with van der Waals surface area (Å²) in [6.45, 7) is 5.54. The molecule has 6 nitrogen and oxygen atoms in total. The van der Waals surface area contributed by atoms with Crippen LogP contribution in [0.5, 0.6) is 0 Å². The number of rotatable bonds is 5. The van der Waals surface area contributed by atoms with E-state index in [2.05, 4.69) is 0 Å². The molecule has 4 rings (SSSR count). The maximum atomic E-state index is 14.0. The molecule has 2 aliphatic rings. The van der Waals surface area contributed by atoms with Gasteiger partial charge < -0.3 is 4.90 Å². The SMILES string of the molecule is CCC(=O)N1CC[C@H](c2nc(C)c3c(n2)N(CCc2ccccc2F)C(=O)CC3)C1. The molecule has 158 valence electrons. The largest absolute Gasteiger partial charge is 0.342 e. The van der Waals surface area contributed by atoms with Crippen LogP contribution >= 0.6 is 0 Å². The normalized spacial score (nSPS) is 18.6. The second-order valence-corrected chi connectivity index (χ2v) is 8.04. The Morgan fingerprint density at radius 3 is 2.80 bits per heavy atom. The van der Waals surface area contributed by atoms with Crippen molar-refractivity contribution < 1.29 is 14.0 Å². The third-order valence-electron chi connectivity index (χ3n) is 6.13. The van der Waals surface area contributed by atoms with Gasteiger partial charge in [0.05, 0.1) is 0 Å². The van der Waals surface area contributed by atoms with Crippen molar-refractivity contribution in [3.05, 3.63) is 52.7 Å². The zero-order chi connectivity index (χ0) is 21.3. The van der Waals surface area contributed by atoms with E-state index in [1.165, 1.54) is 6.07 Å². The van der Waals surface area contributed by atoms with Gasteiger partial charge in [-0.15, -0.1) is 0 Å². The van der Waals surface area contributed by atoms with Crippen LogP contribution in [-0.4, -0.2) is 46.3 Å². The van der Waals surface area contributed by atoms with E-state index < -0.39 is 0 Å². The van der Waals surface area contributed by atoms with Crippen LogP contribution in [0.1, 0.15) is 54.7 Å². The minimum atomic E-state index is -0.256. The number of carbonyl (C=O) groups is 2. The summed E-state index contributed by atoms with van der Waals surface area (Å²) in [5.74, 6) is 1.34. The molecular weight excluding hydrogens is 383 g/mol. The number of hydrogen-bond donors (Lipinski definition) is 0. The number of carbonyl (C=O) groups excluding carboxylic acids is 2. The summed E-state index contributed by atoms with van der Waals surface area (Å²) in [6, 6.07) is 6.66. The number of likely N-dealkylation sites (tertiary alicyclic amines) is 1. The van der Waals surface area contributed by atoms with Crippen molar-refractivity contribution in [3.8, 4) is 0 Å². The van der Waals surface area contributed by atoms with Crippen molar-refractivity contribution >= 4 is 17.6 Å². The lowest BCUT2D eigenvalue weighted by atomic mass is 10.0.